The van der Waals surface area contributed by atoms with Gasteiger partial charge in [0, 0.05) is 20.2 Å². The molecule has 1 aliphatic rings. The molecule has 1 fully saturated rings. The number of rotatable bonds is 5. The molecule has 2 rings (SSSR count). The molecule has 1 aliphatic heterocycles. The lowest BCUT2D eigenvalue weighted by atomic mass is 10.0. The van der Waals surface area contributed by atoms with Crippen molar-refractivity contribution < 1.29 is 4.74 Å². The van der Waals surface area contributed by atoms with E-state index >= 15 is 0 Å². The number of anilines is 1. The summed E-state index contributed by atoms with van der Waals surface area (Å²) in [7, 11) is 2.11. The maximum atomic E-state index is 6.36. The van der Waals surface area contributed by atoms with Crippen molar-refractivity contribution in [2.75, 3.05) is 38.3 Å². The van der Waals surface area contributed by atoms with Gasteiger partial charge in [0.05, 0.1) is 17.3 Å². The van der Waals surface area contributed by atoms with Crippen LogP contribution in [0.4, 0.5) is 5.69 Å². The van der Waals surface area contributed by atoms with Gasteiger partial charge < -0.3 is 15.4 Å². The molecule has 1 saturated heterocycles. The molecule has 0 aliphatic carbocycles. The van der Waals surface area contributed by atoms with Crippen molar-refractivity contribution >= 4 is 17.3 Å². The highest BCUT2D eigenvalue weighted by Gasteiger charge is 2.18. The molecule has 0 bridgehead atoms. The fourth-order valence-electron chi connectivity index (χ4n) is 2.77. The van der Waals surface area contributed by atoms with E-state index < -0.39 is 0 Å². The van der Waals surface area contributed by atoms with E-state index in [2.05, 4.69) is 18.0 Å². The number of nitrogens with two attached hydrogens (primary N) is 1. The van der Waals surface area contributed by atoms with Crippen LogP contribution in [0.25, 0.3) is 0 Å². The minimum atomic E-state index is 0.598. The molecule has 1 aromatic carbocycles. The summed E-state index contributed by atoms with van der Waals surface area (Å²) in [6, 6.07) is 6.06. The second kappa shape index (κ2) is 7.13. The Morgan fingerprint density at radius 1 is 1.47 bits per heavy atom. The van der Waals surface area contributed by atoms with Crippen molar-refractivity contribution in [3.63, 3.8) is 0 Å². The van der Waals surface area contributed by atoms with Gasteiger partial charge in [-0.1, -0.05) is 23.7 Å². The van der Waals surface area contributed by atoms with E-state index in [1.54, 1.807) is 0 Å². The van der Waals surface area contributed by atoms with Crippen LogP contribution in [0, 0.1) is 5.92 Å². The zero-order valence-electron chi connectivity index (χ0n) is 11.6. The quantitative estimate of drug-likeness (QED) is 0.902. The highest BCUT2D eigenvalue weighted by atomic mass is 35.5. The van der Waals surface area contributed by atoms with Gasteiger partial charge in [-0.25, -0.2) is 0 Å². The third kappa shape index (κ3) is 3.85. The molecule has 19 heavy (non-hydrogen) atoms. The fourth-order valence-corrected chi connectivity index (χ4v) is 3.11. The zero-order valence-corrected chi connectivity index (χ0v) is 12.3. The molecule has 0 aromatic heterocycles. The van der Waals surface area contributed by atoms with Crippen LogP contribution in [0.5, 0.6) is 0 Å². The monoisotopic (exact) mass is 282 g/mol. The summed E-state index contributed by atoms with van der Waals surface area (Å²) in [6.07, 6.45) is 3.26. The van der Waals surface area contributed by atoms with Gasteiger partial charge >= 0.3 is 0 Å². The molecule has 2 N–H and O–H groups in total. The Morgan fingerprint density at radius 3 is 3.00 bits per heavy atom. The Bertz CT molecular complexity index is 405. The maximum Gasteiger partial charge on any atom is 0.0642 e. The van der Waals surface area contributed by atoms with Crippen LogP contribution in [0.15, 0.2) is 18.2 Å². The van der Waals surface area contributed by atoms with Gasteiger partial charge in [-0.3, -0.25) is 0 Å². The van der Waals surface area contributed by atoms with Crippen LogP contribution in [-0.4, -0.2) is 33.4 Å². The Kier molecular flexibility index (Phi) is 5.49. The highest BCUT2D eigenvalue weighted by Crippen LogP contribution is 2.30. The summed E-state index contributed by atoms with van der Waals surface area (Å²) < 4.78 is 5.55. The number of para-hydroxylation sites is 1. The molecule has 3 nitrogen and oxygen atoms in total. The second-order valence-electron chi connectivity index (χ2n) is 5.25. The zero-order chi connectivity index (χ0) is 13.7. The van der Waals surface area contributed by atoms with Crippen molar-refractivity contribution in [3.8, 4) is 0 Å². The van der Waals surface area contributed by atoms with Gasteiger partial charge in [-0.2, -0.15) is 0 Å². The number of benzene rings is 1. The van der Waals surface area contributed by atoms with Gasteiger partial charge in [0.25, 0.3) is 0 Å². The molecule has 1 aromatic rings. The van der Waals surface area contributed by atoms with E-state index in [4.69, 9.17) is 22.1 Å². The van der Waals surface area contributed by atoms with Crippen LogP contribution in [-0.2, 0) is 11.2 Å². The number of hydrogen-bond acceptors (Lipinski definition) is 3. The largest absolute Gasteiger partial charge is 0.381 e. The third-order valence-corrected chi connectivity index (χ3v) is 3.96. The molecule has 4 heteroatoms. The van der Waals surface area contributed by atoms with Crippen molar-refractivity contribution in [3.05, 3.63) is 28.8 Å². The highest BCUT2D eigenvalue weighted by molar-refractivity contribution is 6.33. The SMILES string of the molecule is CN(CC1CCCOC1)c1c(Cl)cccc1CCN. The molecular formula is C15H23ClN2O. The first-order valence-electron chi connectivity index (χ1n) is 6.98. The number of halogens is 1. The molecule has 0 amide bonds. The fraction of sp³-hybridized carbons (Fsp3) is 0.600. The summed E-state index contributed by atoms with van der Waals surface area (Å²) in [5.74, 6) is 0.598. The molecule has 1 heterocycles. The smallest absolute Gasteiger partial charge is 0.0642 e. The van der Waals surface area contributed by atoms with Crippen LogP contribution in [0.3, 0.4) is 0 Å². The number of nitrogens with zero attached hydrogens (tertiary/aromatic N) is 1. The van der Waals surface area contributed by atoms with Crippen LogP contribution in [0.1, 0.15) is 18.4 Å². The first kappa shape index (κ1) is 14.6. The Morgan fingerprint density at radius 2 is 2.32 bits per heavy atom. The van der Waals surface area contributed by atoms with E-state index in [0.717, 1.165) is 43.3 Å². The summed E-state index contributed by atoms with van der Waals surface area (Å²) in [5, 5.41) is 0.810. The summed E-state index contributed by atoms with van der Waals surface area (Å²) in [4.78, 5) is 2.26. The van der Waals surface area contributed by atoms with E-state index in [-0.39, 0.29) is 0 Å². The summed E-state index contributed by atoms with van der Waals surface area (Å²) in [6.45, 7) is 3.40. The minimum Gasteiger partial charge on any atom is -0.381 e. The van der Waals surface area contributed by atoms with Gasteiger partial charge in [0.2, 0.25) is 0 Å². The second-order valence-corrected chi connectivity index (χ2v) is 5.66. The van der Waals surface area contributed by atoms with Gasteiger partial charge in [-0.05, 0) is 43.4 Å². The Balaban J connectivity index is 2.10. The topological polar surface area (TPSA) is 38.5 Å². The van der Waals surface area contributed by atoms with E-state index in [0.29, 0.717) is 12.5 Å². The number of ether oxygens (including phenoxy) is 1. The first-order valence-corrected chi connectivity index (χ1v) is 7.36. The molecule has 0 radical (unpaired) electrons. The van der Waals surface area contributed by atoms with Crippen molar-refractivity contribution in [2.45, 2.75) is 19.3 Å². The van der Waals surface area contributed by atoms with Crippen molar-refractivity contribution in [2.24, 2.45) is 11.7 Å². The molecule has 1 atom stereocenters. The summed E-state index contributed by atoms with van der Waals surface area (Å²) in [5.41, 5.74) is 8.04. The summed E-state index contributed by atoms with van der Waals surface area (Å²) >= 11 is 6.36. The van der Waals surface area contributed by atoms with Crippen LogP contribution in [0.2, 0.25) is 5.02 Å². The average Bonchev–Trinajstić information content (AvgIpc) is 2.40. The van der Waals surface area contributed by atoms with Gasteiger partial charge in [0.1, 0.15) is 0 Å². The lowest BCUT2D eigenvalue weighted by molar-refractivity contribution is 0.0576. The van der Waals surface area contributed by atoms with Gasteiger partial charge in [-0.15, -0.1) is 0 Å². The van der Waals surface area contributed by atoms with E-state index in [1.165, 1.54) is 12.0 Å². The Hall–Kier alpha value is -0.770. The van der Waals surface area contributed by atoms with Crippen LogP contribution < -0.4 is 10.6 Å². The Labute approximate surface area is 120 Å². The predicted octanol–water partition coefficient (Wildman–Crippen LogP) is 2.70. The average molecular weight is 283 g/mol. The van der Waals surface area contributed by atoms with Crippen molar-refractivity contribution in [1.82, 2.24) is 0 Å². The standard InChI is InChI=1S/C15H23ClN2O/c1-18(10-12-4-3-9-19-11-12)15-13(7-8-17)5-2-6-14(15)16/h2,5-6,12H,3-4,7-11,17H2,1H3. The maximum absolute atomic E-state index is 6.36. The van der Waals surface area contributed by atoms with Crippen molar-refractivity contribution in [1.29, 1.82) is 0 Å². The first-order chi connectivity index (χ1) is 9.22. The molecule has 106 valence electrons. The minimum absolute atomic E-state index is 0.598. The molecule has 0 saturated carbocycles. The van der Waals surface area contributed by atoms with Crippen LogP contribution >= 0.6 is 11.6 Å². The lowest BCUT2D eigenvalue weighted by Gasteiger charge is -2.30. The van der Waals surface area contributed by atoms with Gasteiger partial charge in [0.15, 0.2) is 0 Å². The lowest BCUT2D eigenvalue weighted by Crippen LogP contribution is -2.31. The molecule has 0 spiro atoms. The molecule has 1 unspecified atom stereocenters. The number of hydrogen-bond donors (Lipinski definition) is 1. The van der Waals surface area contributed by atoms with E-state index in [9.17, 15) is 0 Å². The normalized spacial score (nSPS) is 19.4. The predicted molar refractivity (Wildman–Crippen MR) is 81.0 cm³/mol. The third-order valence-electron chi connectivity index (χ3n) is 3.65. The van der Waals surface area contributed by atoms with E-state index in [1.807, 2.05) is 12.1 Å². The molecular weight excluding hydrogens is 260 g/mol.